The first-order valence-corrected chi connectivity index (χ1v) is 9.12. The minimum absolute atomic E-state index is 0.197. The summed E-state index contributed by atoms with van der Waals surface area (Å²) in [6, 6.07) is 12.5. The summed E-state index contributed by atoms with van der Waals surface area (Å²) in [5, 5.41) is 6.34. The number of carbonyl (C=O) groups excluding carboxylic acids is 2. The fourth-order valence-electron chi connectivity index (χ4n) is 2.29. The molecule has 2 amide bonds. The van der Waals surface area contributed by atoms with Crippen molar-refractivity contribution in [2.45, 2.75) is 6.92 Å². The second-order valence-electron chi connectivity index (χ2n) is 5.29. The van der Waals surface area contributed by atoms with Gasteiger partial charge in [0.15, 0.2) is 0 Å². The summed E-state index contributed by atoms with van der Waals surface area (Å²) in [7, 11) is 0. The number of esters is 1. The maximum absolute atomic E-state index is 11.8. The van der Waals surface area contributed by atoms with E-state index in [9.17, 15) is 9.59 Å². The van der Waals surface area contributed by atoms with Gasteiger partial charge in [-0.1, -0.05) is 23.7 Å². The van der Waals surface area contributed by atoms with Crippen molar-refractivity contribution in [3.63, 3.8) is 0 Å². The van der Waals surface area contributed by atoms with E-state index in [2.05, 4.69) is 15.6 Å². The van der Waals surface area contributed by atoms with Crippen LogP contribution in [0.25, 0.3) is 20.8 Å². The Balaban J connectivity index is 1.69. The Labute approximate surface area is 159 Å². The van der Waals surface area contributed by atoms with E-state index in [4.69, 9.17) is 16.3 Å². The summed E-state index contributed by atoms with van der Waals surface area (Å²) in [5.74, 6) is -0.494. The summed E-state index contributed by atoms with van der Waals surface area (Å²) < 4.78 is 5.83. The molecule has 0 aliphatic carbocycles. The zero-order valence-electron chi connectivity index (χ0n) is 13.9. The van der Waals surface area contributed by atoms with Gasteiger partial charge in [0.2, 0.25) is 0 Å². The molecule has 26 heavy (non-hydrogen) atoms. The molecule has 3 rings (SSSR count). The Morgan fingerprint density at radius 1 is 1.23 bits per heavy atom. The van der Waals surface area contributed by atoms with E-state index in [0.29, 0.717) is 10.7 Å². The first-order chi connectivity index (χ1) is 12.6. The fraction of sp³-hybridized carbons (Fsp3) is 0.167. The number of rotatable bonds is 5. The van der Waals surface area contributed by atoms with Gasteiger partial charge in [-0.2, -0.15) is 0 Å². The van der Waals surface area contributed by atoms with E-state index in [0.717, 1.165) is 20.8 Å². The lowest BCUT2D eigenvalue weighted by atomic mass is 10.2. The van der Waals surface area contributed by atoms with Crippen LogP contribution in [-0.2, 0) is 9.53 Å². The molecular formula is C18H16ClN3O3S. The van der Waals surface area contributed by atoms with Crippen molar-refractivity contribution in [2.75, 3.05) is 18.5 Å². The molecule has 0 bridgehead atoms. The predicted octanol–water partition coefficient (Wildman–Crippen LogP) is 4.30. The number of amides is 2. The van der Waals surface area contributed by atoms with Gasteiger partial charge in [0.1, 0.15) is 11.6 Å². The summed E-state index contributed by atoms with van der Waals surface area (Å²) in [6.07, 6.45) is 0. The molecule has 6 nitrogen and oxygen atoms in total. The summed E-state index contributed by atoms with van der Waals surface area (Å²) in [5.41, 5.74) is 2.23. The molecule has 0 aliphatic heterocycles. The maximum atomic E-state index is 11.8. The third-order valence-electron chi connectivity index (χ3n) is 3.45. The van der Waals surface area contributed by atoms with Crippen LogP contribution in [0.2, 0.25) is 5.02 Å². The number of ether oxygens (including phenoxy) is 1. The molecule has 0 fully saturated rings. The monoisotopic (exact) mass is 389 g/mol. The molecule has 2 N–H and O–H groups in total. The normalized spacial score (nSPS) is 10.5. The van der Waals surface area contributed by atoms with Crippen LogP contribution in [0, 0.1) is 0 Å². The second kappa shape index (κ2) is 8.16. The Morgan fingerprint density at radius 2 is 2.04 bits per heavy atom. The molecule has 0 unspecified atom stereocenters. The summed E-state index contributed by atoms with van der Waals surface area (Å²) in [6.45, 7) is 1.77. The first-order valence-electron chi connectivity index (χ1n) is 7.93. The largest absolute Gasteiger partial charge is 0.465 e. The van der Waals surface area contributed by atoms with E-state index in [1.54, 1.807) is 36.5 Å². The lowest BCUT2D eigenvalue weighted by molar-refractivity contribution is -0.141. The second-order valence-corrected chi connectivity index (χ2v) is 6.73. The van der Waals surface area contributed by atoms with Crippen LogP contribution >= 0.6 is 22.9 Å². The quantitative estimate of drug-likeness (QED) is 0.637. The zero-order chi connectivity index (χ0) is 18.5. The number of fused-ring (bicyclic) bond motifs is 1. The highest BCUT2D eigenvalue weighted by Crippen LogP contribution is 2.35. The Bertz CT molecular complexity index is 925. The number of hydrogen-bond acceptors (Lipinski definition) is 5. The highest BCUT2D eigenvalue weighted by atomic mass is 35.5. The van der Waals surface area contributed by atoms with Crippen LogP contribution < -0.4 is 10.6 Å². The average molecular weight is 390 g/mol. The SMILES string of the molecule is CCOC(=O)CNC(=O)Nc1ccc(-c2nc3ccccc3s2)c(Cl)c1. The van der Waals surface area contributed by atoms with Crippen LogP contribution in [0.15, 0.2) is 42.5 Å². The van der Waals surface area contributed by atoms with Gasteiger partial charge in [0.05, 0.1) is 21.8 Å². The molecule has 2 aromatic carbocycles. The van der Waals surface area contributed by atoms with Crippen molar-refractivity contribution >= 4 is 50.8 Å². The Kier molecular flexibility index (Phi) is 5.70. The number of nitrogens with zero attached hydrogens (tertiary/aromatic N) is 1. The van der Waals surface area contributed by atoms with Crippen molar-refractivity contribution in [1.29, 1.82) is 0 Å². The van der Waals surface area contributed by atoms with Crippen LogP contribution in [0.3, 0.4) is 0 Å². The number of urea groups is 1. The average Bonchev–Trinajstić information content (AvgIpc) is 3.04. The number of carbonyl (C=O) groups is 2. The molecule has 0 saturated heterocycles. The minimum atomic E-state index is -0.512. The molecule has 8 heteroatoms. The number of para-hydroxylation sites is 1. The van der Waals surface area contributed by atoms with Crippen molar-refractivity contribution in [1.82, 2.24) is 10.3 Å². The molecule has 0 saturated carbocycles. The van der Waals surface area contributed by atoms with E-state index in [1.807, 2.05) is 24.3 Å². The number of nitrogens with one attached hydrogen (secondary N) is 2. The van der Waals surface area contributed by atoms with Gasteiger partial charge >= 0.3 is 12.0 Å². The van der Waals surface area contributed by atoms with Crippen molar-refractivity contribution in [3.8, 4) is 10.6 Å². The Morgan fingerprint density at radius 3 is 2.77 bits per heavy atom. The van der Waals surface area contributed by atoms with Crippen molar-refractivity contribution in [3.05, 3.63) is 47.5 Å². The van der Waals surface area contributed by atoms with Gasteiger partial charge < -0.3 is 15.4 Å². The lowest BCUT2D eigenvalue weighted by Gasteiger charge is -2.09. The Hall–Kier alpha value is -2.64. The van der Waals surface area contributed by atoms with Gasteiger partial charge in [-0.15, -0.1) is 11.3 Å². The molecule has 0 spiro atoms. The molecule has 0 aliphatic rings. The van der Waals surface area contributed by atoms with Crippen molar-refractivity contribution in [2.24, 2.45) is 0 Å². The van der Waals surface area contributed by atoms with Crippen LogP contribution in [0.5, 0.6) is 0 Å². The molecule has 134 valence electrons. The van der Waals surface area contributed by atoms with Crippen molar-refractivity contribution < 1.29 is 14.3 Å². The minimum Gasteiger partial charge on any atom is -0.465 e. The number of anilines is 1. The fourth-order valence-corrected chi connectivity index (χ4v) is 3.62. The molecule has 0 atom stereocenters. The van der Waals surface area contributed by atoms with Crippen LogP contribution in [0.1, 0.15) is 6.92 Å². The lowest BCUT2D eigenvalue weighted by Crippen LogP contribution is -2.34. The number of benzene rings is 2. The molecule has 3 aromatic rings. The van der Waals surface area contributed by atoms with E-state index < -0.39 is 12.0 Å². The smallest absolute Gasteiger partial charge is 0.325 e. The topological polar surface area (TPSA) is 80.3 Å². The van der Waals surface area contributed by atoms with E-state index in [1.165, 1.54) is 0 Å². The number of thiazole rings is 1. The summed E-state index contributed by atoms with van der Waals surface area (Å²) >= 11 is 7.92. The maximum Gasteiger partial charge on any atom is 0.325 e. The van der Waals surface area contributed by atoms with Crippen LogP contribution in [0.4, 0.5) is 10.5 Å². The molecule has 0 radical (unpaired) electrons. The van der Waals surface area contributed by atoms with E-state index >= 15 is 0 Å². The van der Waals surface area contributed by atoms with Gasteiger partial charge in [-0.05, 0) is 37.3 Å². The van der Waals surface area contributed by atoms with Crippen LogP contribution in [-0.4, -0.2) is 30.1 Å². The van der Waals surface area contributed by atoms with E-state index in [-0.39, 0.29) is 13.2 Å². The summed E-state index contributed by atoms with van der Waals surface area (Å²) in [4.78, 5) is 27.6. The van der Waals surface area contributed by atoms with Gasteiger partial charge in [0, 0.05) is 11.3 Å². The van der Waals surface area contributed by atoms with Gasteiger partial charge in [0.25, 0.3) is 0 Å². The third-order valence-corrected chi connectivity index (χ3v) is 4.83. The predicted molar refractivity (Wildman–Crippen MR) is 104 cm³/mol. The number of aromatic nitrogens is 1. The first kappa shape index (κ1) is 18.2. The van der Waals surface area contributed by atoms with Gasteiger partial charge in [-0.3, -0.25) is 4.79 Å². The van der Waals surface area contributed by atoms with Gasteiger partial charge in [-0.25, -0.2) is 9.78 Å². The third kappa shape index (κ3) is 4.30. The molecule has 1 heterocycles. The highest BCUT2D eigenvalue weighted by Gasteiger charge is 2.12. The number of hydrogen-bond donors (Lipinski definition) is 2. The standard InChI is InChI=1S/C18H16ClN3O3S/c1-2-25-16(23)10-20-18(24)21-11-7-8-12(13(19)9-11)17-22-14-5-3-4-6-15(14)26-17/h3-9H,2,10H2,1H3,(H2,20,21,24). The highest BCUT2D eigenvalue weighted by molar-refractivity contribution is 7.21. The number of halogens is 1. The molecular weight excluding hydrogens is 374 g/mol. The zero-order valence-corrected chi connectivity index (χ0v) is 15.5. The molecule has 1 aromatic heterocycles.